The summed E-state index contributed by atoms with van der Waals surface area (Å²) in [5, 5.41) is 3.09. The first-order chi connectivity index (χ1) is 13.0. The van der Waals surface area contributed by atoms with Crippen LogP contribution in [0.3, 0.4) is 0 Å². The molecule has 0 radical (unpaired) electrons. The summed E-state index contributed by atoms with van der Waals surface area (Å²) in [6.45, 7) is 4.43. The predicted octanol–water partition coefficient (Wildman–Crippen LogP) is 4.58. The van der Waals surface area contributed by atoms with Crippen LogP contribution in [0.4, 0.5) is 0 Å². The first kappa shape index (κ1) is 18.0. The smallest absolute Gasteiger partial charge is 0.222 e. The summed E-state index contributed by atoms with van der Waals surface area (Å²) in [4.78, 5) is 16.7. The fourth-order valence-corrected chi connectivity index (χ4v) is 4.23. The number of rotatable bonds is 5. The van der Waals surface area contributed by atoms with Gasteiger partial charge in [-0.15, -0.1) is 0 Å². The van der Waals surface area contributed by atoms with Crippen LogP contribution >= 0.6 is 15.9 Å². The fourth-order valence-electron chi connectivity index (χ4n) is 3.97. The van der Waals surface area contributed by atoms with E-state index in [1.165, 1.54) is 11.1 Å². The minimum atomic E-state index is -0.382. The Morgan fingerprint density at radius 2 is 1.93 bits per heavy atom. The van der Waals surface area contributed by atoms with Gasteiger partial charge in [-0.1, -0.05) is 66.2 Å². The Morgan fingerprint density at radius 3 is 2.67 bits per heavy atom. The Hall–Kier alpha value is -2.40. The molecule has 1 aliphatic rings. The van der Waals surface area contributed by atoms with E-state index in [4.69, 9.17) is 0 Å². The average molecular weight is 424 g/mol. The van der Waals surface area contributed by atoms with Crippen molar-refractivity contribution in [3.05, 3.63) is 76.5 Å². The second kappa shape index (κ2) is 6.97. The summed E-state index contributed by atoms with van der Waals surface area (Å²) < 4.78 is 3.30. The summed E-state index contributed by atoms with van der Waals surface area (Å²) in [6, 6.07) is 16.9. The molecule has 4 nitrogen and oxygen atoms in total. The van der Waals surface area contributed by atoms with Gasteiger partial charge in [0.1, 0.15) is 5.82 Å². The number of carbonyl (C=O) groups is 1. The number of benzene rings is 2. The van der Waals surface area contributed by atoms with Crippen LogP contribution in [0.15, 0.2) is 65.4 Å². The molecule has 0 bridgehead atoms. The summed E-state index contributed by atoms with van der Waals surface area (Å²) in [7, 11) is 0. The zero-order valence-corrected chi connectivity index (χ0v) is 17.0. The number of nitrogens with one attached hydrogen (secondary N) is 1. The van der Waals surface area contributed by atoms with Gasteiger partial charge in [-0.25, -0.2) is 4.98 Å². The largest absolute Gasteiger partial charge is 0.356 e. The van der Waals surface area contributed by atoms with Gasteiger partial charge in [-0.3, -0.25) is 4.79 Å². The topological polar surface area (TPSA) is 46.9 Å². The molecule has 0 aliphatic carbocycles. The molecule has 0 fully saturated rings. The van der Waals surface area contributed by atoms with Crippen molar-refractivity contribution in [2.75, 3.05) is 6.54 Å². The lowest BCUT2D eigenvalue weighted by Gasteiger charge is -2.34. The highest BCUT2D eigenvalue weighted by Gasteiger charge is 2.44. The molecule has 4 rings (SSSR count). The lowest BCUT2D eigenvalue weighted by Crippen LogP contribution is -2.38. The van der Waals surface area contributed by atoms with Crippen LogP contribution in [0.2, 0.25) is 0 Å². The van der Waals surface area contributed by atoms with Crippen molar-refractivity contribution in [2.24, 2.45) is 5.92 Å². The van der Waals surface area contributed by atoms with Gasteiger partial charge in [0.25, 0.3) is 0 Å². The van der Waals surface area contributed by atoms with E-state index in [-0.39, 0.29) is 17.4 Å². The SMILES string of the molecule is CC(C)C(=O)NCCC1(c2ccc(Br)cc2)c2ccccc2-c2nccn21. The van der Waals surface area contributed by atoms with E-state index in [2.05, 4.69) is 79.3 Å². The molecule has 138 valence electrons. The Morgan fingerprint density at radius 1 is 1.19 bits per heavy atom. The van der Waals surface area contributed by atoms with Crippen LogP contribution in [0.5, 0.6) is 0 Å². The van der Waals surface area contributed by atoms with Crippen molar-refractivity contribution in [1.82, 2.24) is 14.9 Å². The molecule has 1 atom stereocenters. The summed E-state index contributed by atoms with van der Waals surface area (Å²) in [5.74, 6) is 1.04. The zero-order chi connectivity index (χ0) is 19.0. The maximum absolute atomic E-state index is 12.1. The van der Waals surface area contributed by atoms with Crippen LogP contribution in [0.25, 0.3) is 11.4 Å². The molecule has 0 saturated carbocycles. The monoisotopic (exact) mass is 423 g/mol. The summed E-state index contributed by atoms with van der Waals surface area (Å²) in [6.07, 6.45) is 4.65. The Labute approximate surface area is 167 Å². The van der Waals surface area contributed by atoms with Gasteiger partial charge in [-0.2, -0.15) is 0 Å². The molecule has 1 aromatic heterocycles. The van der Waals surface area contributed by atoms with Crippen molar-refractivity contribution in [1.29, 1.82) is 0 Å². The minimum absolute atomic E-state index is 0.0201. The third kappa shape index (κ3) is 2.90. The second-order valence-corrected chi connectivity index (χ2v) is 8.15. The first-order valence-electron chi connectivity index (χ1n) is 9.21. The lowest BCUT2D eigenvalue weighted by molar-refractivity contribution is -0.124. The van der Waals surface area contributed by atoms with Crippen molar-refractivity contribution in [3.8, 4) is 11.4 Å². The first-order valence-corrected chi connectivity index (χ1v) is 10.0. The molecule has 1 N–H and O–H groups in total. The molecule has 0 saturated heterocycles. The average Bonchev–Trinajstić information content (AvgIpc) is 3.24. The molecule has 5 heteroatoms. The van der Waals surface area contributed by atoms with Gasteiger partial charge in [-0.05, 0) is 29.7 Å². The number of nitrogens with zero attached hydrogens (tertiary/aromatic N) is 2. The van der Waals surface area contributed by atoms with Gasteiger partial charge >= 0.3 is 0 Å². The quantitative estimate of drug-likeness (QED) is 0.652. The van der Waals surface area contributed by atoms with Gasteiger partial charge in [0.05, 0.1) is 5.54 Å². The van der Waals surface area contributed by atoms with Gasteiger partial charge < -0.3 is 9.88 Å². The van der Waals surface area contributed by atoms with E-state index in [9.17, 15) is 4.79 Å². The number of amides is 1. The third-order valence-electron chi connectivity index (χ3n) is 5.30. The van der Waals surface area contributed by atoms with Crippen LogP contribution < -0.4 is 5.32 Å². The highest BCUT2D eigenvalue weighted by molar-refractivity contribution is 9.10. The molecular weight excluding hydrogens is 402 g/mol. The van der Waals surface area contributed by atoms with Gasteiger partial charge in [0.15, 0.2) is 0 Å². The van der Waals surface area contributed by atoms with E-state index in [1.807, 2.05) is 26.2 Å². The molecular formula is C22H22BrN3O. The maximum Gasteiger partial charge on any atom is 0.222 e. The lowest BCUT2D eigenvalue weighted by atomic mass is 9.80. The van der Waals surface area contributed by atoms with Crippen molar-refractivity contribution in [2.45, 2.75) is 25.8 Å². The Kier molecular flexibility index (Phi) is 4.64. The van der Waals surface area contributed by atoms with E-state index in [0.717, 1.165) is 22.3 Å². The molecule has 27 heavy (non-hydrogen) atoms. The number of hydrogen-bond donors (Lipinski definition) is 1. The van der Waals surface area contributed by atoms with Crippen LogP contribution in [-0.2, 0) is 10.3 Å². The molecule has 2 aromatic carbocycles. The van der Waals surface area contributed by atoms with Crippen LogP contribution in [0, 0.1) is 5.92 Å². The van der Waals surface area contributed by atoms with Crippen molar-refractivity contribution in [3.63, 3.8) is 0 Å². The number of fused-ring (bicyclic) bond motifs is 3. The zero-order valence-electron chi connectivity index (χ0n) is 15.4. The van der Waals surface area contributed by atoms with Gasteiger partial charge in [0, 0.05) is 34.9 Å². The van der Waals surface area contributed by atoms with Crippen molar-refractivity contribution < 1.29 is 4.79 Å². The highest BCUT2D eigenvalue weighted by atomic mass is 79.9. The molecule has 1 amide bonds. The van der Waals surface area contributed by atoms with E-state index in [0.29, 0.717) is 6.54 Å². The highest BCUT2D eigenvalue weighted by Crippen LogP contribution is 2.48. The number of aromatic nitrogens is 2. The van der Waals surface area contributed by atoms with Crippen LogP contribution in [-0.4, -0.2) is 22.0 Å². The number of carbonyl (C=O) groups excluding carboxylic acids is 1. The molecule has 0 spiro atoms. The Bertz CT molecular complexity index is 977. The predicted molar refractivity (Wildman–Crippen MR) is 110 cm³/mol. The normalized spacial score (nSPS) is 17.6. The van der Waals surface area contributed by atoms with Crippen LogP contribution in [0.1, 0.15) is 31.4 Å². The number of halogens is 1. The van der Waals surface area contributed by atoms with E-state index < -0.39 is 0 Å². The van der Waals surface area contributed by atoms with E-state index >= 15 is 0 Å². The second-order valence-electron chi connectivity index (χ2n) is 7.23. The number of hydrogen-bond acceptors (Lipinski definition) is 2. The number of imidazole rings is 1. The third-order valence-corrected chi connectivity index (χ3v) is 5.83. The minimum Gasteiger partial charge on any atom is -0.356 e. The molecule has 3 aromatic rings. The molecule has 1 aliphatic heterocycles. The summed E-state index contributed by atoms with van der Waals surface area (Å²) in [5.41, 5.74) is 3.19. The van der Waals surface area contributed by atoms with Gasteiger partial charge in [0.2, 0.25) is 5.91 Å². The molecule has 1 unspecified atom stereocenters. The standard InChI is InChI=1S/C22H22BrN3O/c1-15(2)21(27)25-12-11-22(16-7-9-17(23)10-8-16)19-6-4-3-5-18(19)20-24-13-14-26(20)22/h3-10,13-15H,11-12H2,1-2H3,(H,25,27). The Balaban J connectivity index is 1.83. The van der Waals surface area contributed by atoms with E-state index in [1.54, 1.807) is 0 Å². The fraction of sp³-hybridized carbons (Fsp3) is 0.273. The van der Waals surface area contributed by atoms with Crippen molar-refractivity contribution >= 4 is 21.8 Å². The molecule has 2 heterocycles. The summed E-state index contributed by atoms with van der Waals surface area (Å²) >= 11 is 3.54. The maximum atomic E-state index is 12.1.